The highest BCUT2D eigenvalue weighted by atomic mass is 79.9. The summed E-state index contributed by atoms with van der Waals surface area (Å²) in [5, 5.41) is 13.3. The van der Waals surface area contributed by atoms with Gasteiger partial charge in [-0.15, -0.1) is 0 Å². The normalized spacial score (nSPS) is 20.9. The third kappa shape index (κ3) is 7.30. The van der Waals surface area contributed by atoms with E-state index < -0.39 is 5.82 Å². The molecule has 2 unspecified atom stereocenters. The lowest BCUT2D eigenvalue weighted by molar-refractivity contribution is -0.0345. The van der Waals surface area contributed by atoms with E-state index in [2.05, 4.69) is 62.5 Å². The van der Waals surface area contributed by atoms with Crippen molar-refractivity contribution < 1.29 is 14.2 Å². The predicted octanol–water partition coefficient (Wildman–Crippen LogP) is 5.93. The van der Waals surface area contributed by atoms with Gasteiger partial charge in [-0.2, -0.15) is 11.8 Å². The molecule has 0 radical (unpaired) electrons. The summed E-state index contributed by atoms with van der Waals surface area (Å²) in [5.74, 6) is 0.746. The van der Waals surface area contributed by atoms with Gasteiger partial charge >= 0.3 is 0 Å². The highest BCUT2D eigenvalue weighted by Crippen LogP contribution is 2.30. The first-order valence-corrected chi connectivity index (χ1v) is 13.4. The summed E-state index contributed by atoms with van der Waals surface area (Å²) in [6, 6.07) is 23.1. The zero-order valence-electron chi connectivity index (χ0n) is 19.0. The maximum absolute atomic E-state index is 13.9. The van der Waals surface area contributed by atoms with Crippen LogP contribution in [0.3, 0.4) is 0 Å². The third-order valence-corrected chi connectivity index (χ3v) is 7.71. The van der Waals surface area contributed by atoms with Gasteiger partial charge in [-0.3, -0.25) is 4.90 Å². The molecule has 180 valence electrons. The Labute approximate surface area is 213 Å². The second kappa shape index (κ2) is 12.7. The van der Waals surface area contributed by atoms with Crippen LogP contribution in [0.25, 0.3) is 0 Å². The Hall–Kier alpha value is -1.90. The minimum absolute atomic E-state index is 0.0619. The van der Waals surface area contributed by atoms with Crippen LogP contribution in [0.2, 0.25) is 0 Å². The molecule has 0 spiro atoms. The number of ether oxygens (including phenoxy) is 1. The number of rotatable bonds is 4. The van der Waals surface area contributed by atoms with E-state index in [0.717, 1.165) is 36.7 Å². The van der Waals surface area contributed by atoms with Gasteiger partial charge in [-0.05, 0) is 35.4 Å². The largest absolute Gasteiger partial charge is 0.508 e. The van der Waals surface area contributed by atoms with Gasteiger partial charge in [-0.1, -0.05) is 58.4 Å². The van der Waals surface area contributed by atoms with E-state index in [-0.39, 0.29) is 11.9 Å². The van der Waals surface area contributed by atoms with E-state index in [4.69, 9.17) is 4.74 Å². The van der Waals surface area contributed by atoms with E-state index in [9.17, 15) is 9.50 Å². The van der Waals surface area contributed by atoms with Crippen LogP contribution in [0, 0.1) is 5.82 Å². The molecule has 0 bridgehead atoms. The summed E-state index contributed by atoms with van der Waals surface area (Å²) in [7, 11) is 0. The number of phenolic OH excluding ortho intramolecular Hbond substituents is 1. The van der Waals surface area contributed by atoms with Gasteiger partial charge in [-0.25, -0.2) is 4.39 Å². The number of morpholine rings is 1. The average Bonchev–Trinajstić information content (AvgIpc) is 2.86. The molecule has 34 heavy (non-hydrogen) atoms. The molecule has 0 saturated carbocycles. The lowest BCUT2D eigenvalue weighted by atomic mass is 10.1. The fraction of sp³-hybridized carbons (Fsp3) is 0.333. The minimum Gasteiger partial charge on any atom is -0.508 e. The SMILES string of the molecule is Brc1ccc(C2CNCCS2)cc1.Oc1ccc(C2CN(Cc3ccccc3)CCO2)c(F)c1. The summed E-state index contributed by atoms with van der Waals surface area (Å²) in [4.78, 5) is 2.26. The number of phenols is 1. The average molecular weight is 546 g/mol. The third-order valence-electron chi connectivity index (χ3n) is 5.90. The number of benzene rings is 3. The van der Waals surface area contributed by atoms with Crippen LogP contribution in [0.4, 0.5) is 4.39 Å². The van der Waals surface area contributed by atoms with E-state index >= 15 is 0 Å². The van der Waals surface area contributed by atoms with E-state index in [1.807, 2.05) is 30.0 Å². The molecule has 5 rings (SSSR count). The summed E-state index contributed by atoms with van der Waals surface area (Å²) in [6.45, 7) is 5.16. The molecular weight excluding hydrogens is 515 g/mol. The Bertz CT molecular complexity index is 1030. The number of hydrogen-bond acceptors (Lipinski definition) is 5. The number of hydrogen-bond donors (Lipinski definition) is 2. The van der Waals surface area contributed by atoms with Crippen LogP contribution in [0.15, 0.2) is 77.3 Å². The fourth-order valence-corrected chi connectivity index (χ4v) is 5.51. The summed E-state index contributed by atoms with van der Waals surface area (Å²) in [5.41, 5.74) is 3.18. The molecule has 2 atom stereocenters. The summed E-state index contributed by atoms with van der Waals surface area (Å²) < 4.78 is 20.8. The minimum atomic E-state index is -0.415. The smallest absolute Gasteiger partial charge is 0.132 e. The molecule has 2 N–H and O–H groups in total. The number of thioether (sulfide) groups is 1. The molecule has 3 aromatic rings. The first kappa shape index (κ1) is 25.2. The molecular formula is C27H30BrFN2O2S. The fourth-order valence-electron chi connectivity index (χ4n) is 4.11. The topological polar surface area (TPSA) is 44.7 Å². The van der Waals surface area contributed by atoms with Crippen molar-refractivity contribution in [1.29, 1.82) is 0 Å². The first-order chi connectivity index (χ1) is 16.6. The zero-order valence-corrected chi connectivity index (χ0v) is 21.4. The molecule has 3 aromatic carbocycles. The lowest BCUT2D eigenvalue weighted by Gasteiger charge is -2.33. The van der Waals surface area contributed by atoms with Gasteiger partial charge in [0.05, 0.1) is 12.7 Å². The number of nitrogens with zero attached hydrogens (tertiary/aromatic N) is 1. The molecule has 0 aromatic heterocycles. The lowest BCUT2D eigenvalue weighted by Crippen LogP contribution is -2.38. The van der Waals surface area contributed by atoms with Crippen LogP contribution in [-0.4, -0.2) is 48.5 Å². The Morgan fingerprint density at radius 1 is 1.09 bits per heavy atom. The van der Waals surface area contributed by atoms with Crippen molar-refractivity contribution in [2.75, 3.05) is 38.5 Å². The van der Waals surface area contributed by atoms with Crippen LogP contribution in [0.5, 0.6) is 5.75 Å². The van der Waals surface area contributed by atoms with Gasteiger partial charge in [0.15, 0.2) is 0 Å². The number of aromatic hydroxyl groups is 1. The van der Waals surface area contributed by atoms with Crippen molar-refractivity contribution in [2.45, 2.75) is 17.9 Å². The molecule has 2 saturated heterocycles. The highest BCUT2D eigenvalue weighted by molar-refractivity contribution is 9.10. The van der Waals surface area contributed by atoms with Gasteiger partial charge in [0, 0.05) is 59.8 Å². The molecule has 2 heterocycles. The standard InChI is InChI=1S/C17H18FNO2.C10H12BrNS/c18-16-10-14(20)6-7-15(16)17-12-19(8-9-21-17)11-13-4-2-1-3-5-13;11-9-3-1-8(2-4-9)10-7-12-5-6-13-10/h1-7,10,17,20H,8-9,11-12H2;1-4,10,12H,5-7H2. The monoisotopic (exact) mass is 544 g/mol. The van der Waals surface area contributed by atoms with E-state index in [1.165, 1.54) is 22.9 Å². The molecule has 2 aliphatic heterocycles. The second-order valence-corrected chi connectivity index (χ2v) is 10.6. The molecule has 7 heteroatoms. The van der Waals surface area contributed by atoms with Crippen molar-refractivity contribution >= 4 is 27.7 Å². The highest BCUT2D eigenvalue weighted by Gasteiger charge is 2.24. The predicted molar refractivity (Wildman–Crippen MR) is 141 cm³/mol. The molecule has 0 aliphatic carbocycles. The Kier molecular flexibility index (Phi) is 9.41. The molecule has 2 fully saturated rings. The van der Waals surface area contributed by atoms with Crippen LogP contribution in [0.1, 0.15) is 28.0 Å². The first-order valence-electron chi connectivity index (χ1n) is 11.5. The number of halogens is 2. The second-order valence-electron chi connectivity index (χ2n) is 8.40. The maximum Gasteiger partial charge on any atom is 0.132 e. The Morgan fingerprint density at radius 3 is 2.59 bits per heavy atom. The van der Waals surface area contributed by atoms with Crippen molar-refractivity contribution in [1.82, 2.24) is 10.2 Å². The summed E-state index contributed by atoms with van der Waals surface area (Å²) in [6.07, 6.45) is -0.289. The van der Waals surface area contributed by atoms with Crippen molar-refractivity contribution in [3.8, 4) is 5.75 Å². The van der Waals surface area contributed by atoms with Crippen LogP contribution in [-0.2, 0) is 11.3 Å². The Morgan fingerprint density at radius 2 is 1.88 bits per heavy atom. The van der Waals surface area contributed by atoms with Gasteiger partial charge in [0.2, 0.25) is 0 Å². The molecule has 0 amide bonds. The van der Waals surface area contributed by atoms with Crippen molar-refractivity contribution in [2.24, 2.45) is 0 Å². The van der Waals surface area contributed by atoms with Crippen molar-refractivity contribution in [3.05, 3.63) is 99.8 Å². The quantitative estimate of drug-likeness (QED) is 0.426. The molecule has 4 nitrogen and oxygen atoms in total. The van der Waals surface area contributed by atoms with Gasteiger partial charge in [0.1, 0.15) is 11.6 Å². The molecule has 2 aliphatic rings. The maximum atomic E-state index is 13.9. The Balaban J connectivity index is 0.000000180. The number of nitrogens with one attached hydrogen (secondary N) is 1. The van der Waals surface area contributed by atoms with Gasteiger partial charge < -0.3 is 15.2 Å². The van der Waals surface area contributed by atoms with E-state index in [1.54, 1.807) is 6.07 Å². The van der Waals surface area contributed by atoms with Crippen molar-refractivity contribution in [3.63, 3.8) is 0 Å². The zero-order chi connectivity index (χ0) is 23.8. The van der Waals surface area contributed by atoms with Crippen LogP contribution >= 0.6 is 27.7 Å². The van der Waals surface area contributed by atoms with E-state index in [0.29, 0.717) is 24.0 Å². The van der Waals surface area contributed by atoms with Crippen LogP contribution < -0.4 is 5.32 Å². The van der Waals surface area contributed by atoms with Gasteiger partial charge in [0.25, 0.3) is 0 Å². The summed E-state index contributed by atoms with van der Waals surface area (Å²) >= 11 is 5.49.